The summed E-state index contributed by atoms with van der Waals surface area (Å²) >= 11 is 5.69. The van der Waals surface area contributed by atoms with Crippen LogP contribution >= 0.6 is 11.6 Å². The van der Waals surface area contributed by atoms with E-state index in [9.17, 15) is 4.79 Å². The number of alkyl halides is 1. The fraction of sp³-hybridized carbons (Fsp3) is 0.450. The lowest BCUT2D eigenvalue weighted by atomic mass is 10.1. The minimum absolute atomic E-state index is 0.463. The molecule has 0 saturated heterocycles. The van der Waals surface area contributed by atoms with Crippen LogP contribution < -0.4 is 4.74 Å². The Bertz CT molecular complexity index is 654. The molecule has 0 aliphatic carbocycles. The Kier molecular flexibility index (Phi) is 7.86. The predicted octanol–water partition coefficient (Wildman–Crippen LogP) is 5.19. The second-order valence-corrected chi connectivity index (χ2v) is 6.80. The molecule has 1 atom stereocenters. The van der Waals surface area contributed by atoms with Crippen molar-refractivity contribution in [2.45, 2.75) is 57.7 Å². The van der Waals surface area contributed by atoms with Gasteiger partial charge in [-0.25, -0.2) is 9.97 Å². The van der Waals surface area contributed by atoms with Crippen molar-refractivity contribution in [1.29, 1.82) is 0 Å². The lowest BCUT2D eigenvalue weighted by Gasteiger charge is -2.07. The van der Waals surface area contributed by atoms with E-state index in [2.05, 4.69) is 16.9 Å². The second kappa shape index (κ2) is 10.1. The van der Waals surface area contributed by atoms with Crippen molar-refractivity contribution < 1.29 is 9.53 Å². The molecular weight excluding hydrogens is 336 g/mol. The number of hydrogen-bond donors (Lipinski definition) is 0. The van der Waals surface area contributed by atoms with Gasteiger partial charge in [-0.2, -0.15) is 0 Å². The van der Waals surface area contributed by atoms with Crippen molar-refractivity contribution in [1.82, 2.24) is 9.97 Å². The third-order valence-electron chi connectivity index (χ3n) is 3.93. The van der Waals surface area contributed by atoms with Crippen LogP contribution in [0.3, 0.4) is 0 Å². The summed E-state index contributed by atoms with van der Waals surface area (Å²) in [7, 11) is 0. The van der Waals surface area contributed by atoms with Crippen molar-refractivity contribution >= 4 is 17.6 Å². The van der Waals surface area contributed by atoms with Crippen LogP contribution in [0.2, 0.25) is 0 Å². The van der Waals surface area contributed by atoms with E-state index in [-0.39, 0.29) is 0 Å². The average molecular weight is 361 g/mol. The summed E-state index contributed by atoms with van der Waals surface area (Å²) in [4.78, 5) is 20.4. The number of esters is 1. The fourth-order valence-electron chi connectivity index (χ4n) is 2.44. The Morgan fingerprint density at radius 3 is 2.32 bits per heavy atom. The van der Waals surface area contributed by atoms with Gasteiger partial charge in [0.25, 0.3) is 0 Å². The van der Waals surface area contributed by atoms with Gasteiger partial charge >= 0.3 is 5.97 Å². The zero-order chi connectivity index (χ0) is 18.1. The molecule has 0 bridgehead atoms. The van der Waals surface area contributed by atoms with E-state index in [0.717, 1.165) is 12.0 Å². The molecular formula is C20H25ClN2O2. The van der Waals surface area contributed by atoms with Crippen LogP contribution in [0, 0.1) is 0 Å². The van der Waals surface area contributed by atoms with Crippen molar-refractivity contribution in [3.05, 3.63) is 42.2 Å². The molecule has 2 aromatic rings. The van der Waals surface area contributed by atoms with Gasteiger partial charge < -0.3 is 4.74 Å². The second-order valence-electron chi connectivity index (χ2n) is 6.14. The molecule has 5 heteroatoms. The van der Waals surface area contributed by atoms with E-state index >= 15 is 0 Å². The number of aromatic nitrogens is 2. The summed E-state index contributed by atoms with van der Waals surface area (Å²) in [6.07, 6.45) is 11.1. The number of aryl methyl sites for hydroxylation is 1. The van der Waals surface area contributed by atoms with Crippen molar-refractivity contribution in [3.63, 3.8) is 0 Å². The van der Waals surface area contributed by atoms with Crippen LogP contribution in [0.5, 0.6) is 5.75 Å². The molecule has 0 radical (unpaired) electrons. The van der Waals surface area contributed by atoms with Crippen molar-refractivity contribution in [2.75, 3.05) is 0 Å². The monoisotopic (exact) mass is 360 g/mol. The molecule has 1 aromatic carbocycles. The molecule has 0 fully saturated rings. The molecule has 0 spiro atoms. The molecule has 1 heterocycles. The smallest absolute Gasteiger partial charge is 0.329 e. The van der Waals surface area contributed by atoms with E-state index in [1.54, 1.807) is 19.1 Å². The Morgan fingerprint density at radius 2 is 1.72 bits per heavy atom. The highest BCUT2D eigenvalue weighted by atomic mass is 35.5. The average Bonchev–Trinajstić information content (AvgIpc) is 2.63. The normalized spacial score (nSPS) is 12.0. The molecule has 25 heavy (non-hydrogen) atoms. The zero-order valence-electron chi connectivity index (χ0n) is 14.9. The summed E-state index contributed by atoms with van der Waals surface area (Å²) in [5.74, 6) is 0.664. The number of nitrogens with zero attached hydrogens (tertiary/aromatic N) is 2. The van der Waals surface area contributed by atoms with Crippen molar-refractivity contribution in [2.24, 2.45) is 0 Å². The number of ether oxygens (including phenoxy) is 1. The highest BCUT2D eigenvalue weighted by Gasteiger charge is 2.12. The summed E-state index contributed by atoms with van der Waals surface area (Å²) < 4.78 is 5.15. The van der Waals surface area contributed by atoms with Crippen LogP contribution in [0.15, 0.2) is 36.7 Å². The standard InChI is InChI=1S/C20H25ClN2O2/c1-3-4-5-6-7-8-16-13-22-19(23-14-16)17-9-11-18(12-10-17)25-20(24)15(2)21/h9-15H,3-8H2,1-2H3. The van der Waals surface area contributed by atoms with E-state index in [1.165, 1.54) is 37.7 Å². The number of carbonyl (C=O) groups excluding carboxylic acids is 1. The van der Waals surface area contributed by atoms with Crippen LogP contribution in [0.1, 0.15) is 51.5 Å². The highest BCUT2D eigenvalue weighted by Crippen LogP contribution is 2.20. The minimum atomic E-state index is -0.669. The predicted molar refractivity (Wildman–Crippen MR) is 101 cm³/mol. The number of unbranched alkanes of at least 4 members (excludes halogenated alkanes) is 4. The molecule has 1 aromatic heterocycles. The quantitative estimate of drug-likeness (QED) is 0.267. The highest BCUT2D eigenvalue weighted by molar-refractivity contribution is 6.29. The molecule has 0 N–H and O–H groups in total. The molecule has 0 aliphatic heterocycles. The summed E-state index contributed by atoms with van der Waals surface area (Å²) in [6.45, 7) is 3.80. The van der Waals surface area contributed by atoms with Gasteiger partial charge in [-0.1, -0.05) is 32.6 Å². The molecule has 1 unspecified atom stereocenters. The largest absolute Gasteiger partial charge is 0.425 e. The fourth-order valence-corrected chi connectivity index (χ4v) is 2.48. The number of rotatable bonds is 9. The Labute approximate surface area is 154 Å². The summed E-state index contributed by atoms with van der Waals surface area (Å²) in [5, 5.41) is -0.669. The summed E-state index contributed by atoms with van der Waals surface area (Å²) in [6, 6.07) is 7.11. The maximum absolute atomic E-state index is 11.5. The van der Waals surface area contributed by atoms with Gasteiger partial charge in [0, 0.05) is 18.0 Å². The van der Waals surface area contributed by atoms with Gasteiger partial charge in [0.2, 0.25) is 0 Å². The zero-order valence-corrected chi connectivity index (χ0v) is 15.6. The van der Waals surface area contributed by atoms with Crippen LogP contribution in [-0.2, 0) is 11.2 Å². The molecule has 4 nitrogen and oxygen atoms in total. The third kappa shape index (κ3) is 6.46. The number of halogens is 1. The Morgan fingerprint density at radius 1 is 1.08 bits per heavy atom. The van der Waals surface area contributed by atoms with Gasteiger partial charge in [0.15, 0.2) is 5.82 Å². The molecule has 0 aliphatic rings. The third-order valence-corrected chi connectivity index (χ3v) is 4.11. The first-order chi connectivity index (χ1) is 12.1. The van der Waals surface area contributed by atoms with E-state index in [4.69, 9.17) is 16.3 Å². The van der Waals surface area contributed by atoms with E-state index in [1.807, 2.05) is 24.5 Å². The molecule has 0 amide bonds. The number of carbonyl (C=O) groups is 1. The lowest BCUT2D eigenvalue weighted by molar-refractivity contribution is -0.133. The van der Waals surface area contributed by atoms with Gasteiger partial charge in [-0.05, 0) is 49.6 Å². The maximum Gasteiger partial charge on any atom is 0.329 e. The first-order valence-electron chi connectivity index (χ1n) is 8.87. The van der Waals surface area contributed by atoms with Crippen LogP contribution in [0.25, 0.3) is 11.4 Å². The number of hydrogen-bond acceptors (Lipinski definition) is 4. The van der Waals surface area contributed by atoms with Crippen molar-refractivity contribution in [3.8, 4) is 17.1 Å². The van der Waals surface area contributed by atoms with Crippen LogP contribution in [0.4, 0.5) is 0 Å². The van der Waals surface area contributed by atoms with E-state index in [0.29, 0.717) is 11.6 Å². The van der Waals surface area contributed by atoms with E-state index < -0.39 is 11.3 Å². The first kappa shape index (κ1) is 19.4. The topological polar surface area (TPSA) is 52.1 Å². The Balaban J connectivity index is 1.90. The van der Waals surface area contributed by atoms with Gasteiger partial charge in [0.05, 0.1) is 0 Å². The van der Waals surface area contributed by atoms with Crippen LogP contribution in [-0.4, -0.2) is 21.3 Å². The molecule has 0 saturated carbocycles. The van der Waals surface area contributed by atoms with Gasteiger partial charge in [-0.15, -0.1) is 11.6 Å². The molecule has 134 valence electrons. The summed E-state index contributed by atoms with van der Waals surface area (Å²) in [5.41, 5.74) is 2.05. The first-order valence-corrected chi connectivity index (χ1v) is 9.31. The minimum Gasteiger partial charge on any atom is -0.425 e. The molecule has 2 rings (SSSR count). The Hall–Kier alpha value is -1.94. The SMILES string of the molecule is CCCCCCCc1cnc(-c2ccc(OC(=O)C(C)Cl)cc2)nc1. The lowest BCUT2D eigenvalue weighted by Crippen LogP contribution is -2.17. The van der Waals surface area contributed by atoms with Gasteiger partial charge in [0.1, 0.15) is 11.1 Å². The number of benzene rings is 1. The maximum atomic E-state index is 11.5. The van der Waals surface area contributed by atoms with Gasteiger partial charge in [-0.3, -0.25) is 4.79 Å².